The van der Waals surface area contributed by atoms with Gasteiger partial charge >= 0.3 is 0 Å². The Hall–Kier alpha value is -0.0100. The number of rotatable bonds is 1. The van der Waals surface area contributed by atoms with Crippen molar-refractivity contribution in [3.8, 4) is 0 Å². The Bertz CT molecular complexity index is 162. The van der Waals surface area contributed by atoms with Crippen LogP contribution in [0.5, 0.6) is 0 Å². The van der Waals surface area contributed by atoms with Crippen LogP contribution in [0.25, 0.3) is 0 Å². The van der Waals surface area contributed by atoms with Gasteiger partial charge < -0.3 is 5.73 Å². The maximum Gasteiger partial charge on any atom is 0.0185 e. The smallest absolute Gasteiger partial charge is 0.0185 e. The standard InChI is InChI=1S/C6H8ClN/c7-5-1-3-4(2-8)6(3)5/h3-4H,1-2,8H2. The van der Waals surface area contributed by atoms with Crippen LogP contribution < -0.4 is 5.73 Å². The van der Waals surface area contributed by atoms with Crippen molar-refractivity contribution in [2.75, 3.05) is 6.54 Å². The third-order valence-corrected chi connectivity index (χ3v) is 2.51. The van der Waals surface area contributed by atoms with Crippen molar-refractivity contribution in [2.24, 2.45) is 17.6 Å². The van der Waals surface area contributed by atoms with E-state index in [0.717, 1.165) is 23.9 Å². The molecule has 0 saturated heterocycles. The van der Waals surface area contributed by atoms with Gasteiger partial charge in [0.25, 0.3) is 0 Å². The fourth-order valence-corrected chi connectivity index (χ4v) is 1.95. The fraction of sp³-hybridized carbons (Fsp3) is 0.667. The highest BCUT2D eigenvalue weighted by Gasteiger charge is 2.51. The second kappa shape index (κ2) is 1.28. The van der Waals surface area contributed by atoms with Crippen LogP contribution in [0.1, 0.15) is 6.42 Å². The SMILES string of the molecule is NCC1C2=C(Cl)CC21. The van der Waals surface area contributed by atoms with E-state index in [2.05, 4.69) is 0 Å². The van der Waals surface area contributed by atoms with Crippen molar-refractivity contribution in [2.45, 2.75) is 6.42 Å². The summed E-state index contributed by atoms with van der Waals surface area (Å²) < 4.78 is 0. The highest BCUT2D eigenvalue weighted by atomic mass is 35.5. The van der Waals surface area contributed by atoms with Crippen LogP contribution in [0.3, 0.4) is 0 Å². The molecule has 2 heteroatoms. The van der Waals surface area contributed by atoms with Gasteiger partial charge in [-0.3, -0.25) is 0 Å². The molecular weight excluding hydrogens is 122 g/mol. The minimum atomic E-state index is 0.683. The summed E-state index contributed by atoms with van der Waals surface area (Å²) in [4.78, 5) is 0. The predicted octanol–water partition coefficient (Wildman–Crippen LogP) is 1.09. The van der Waals surface area contributed by atoms with Crippen molar-refractivity contribution < 1.29 is 0 Å². The molecule has 0 bridgehead atoms. The molecule has 2 N–H and O–H groups in total. The van der Waals surface area contributed by atoms with Crippen LogP contribution in [0.4, 0.5) is 0 Å². The van der Waals surface area contributed by atoms with Gasteiger partial charge in [-0.25, -0.2) is 0 Å². The van der Waals surface area contributed by atoms with Crippen molar-refractivity contribution in [3.05, 3.63) is 10.6 Å². The van der Waals surface area contributed by atoms with Gasteiger partial charge in [0.15, 0.2) is 0 Å². The fourth-order valence-electron chi connectivity index (χ4n) is 1.50. The quantitative estimate of drug-likeness (QED) is 0.564. The predicted molar refractivity (Wildman–Crippen MR) is 33.5 cm³/mol. The molecular formula is C6H8ClN. The first-order valence-electron chi connectivity index (χ1n) is 2.93. The number of hydrogen-bond donors (Lipinski definition) is 1. The molecule has 0 aromatic rings. The minimum absolute atomic E-state index is 0.683. The first-order chi connectivity index (χ1) is 3.84. The second-order valence-electron chi connectivity index (χ2n) is 2.51. The van der Waals surface area contributed by atoms with Gasteiger partial charge in [-0.15, -0.1) is 0 Å². The zero-order valence-electron chi connectivity index (χ0n) is 4.52. The number of nitrogens with two attached hydrogens (primary N) is 1. The first-order valence-corrected chi connectivity index (χ1v) is 3.31. The van der Waals surface area contributed by atoms with Crippen LogP contribution in [-0.4, -0.2) is 6.54 Å². The highest BCUT2D eigenvalue weighted by molar-refractivity contribution is 6.31. The lowest BCUT2D eigenvalue weighted by Crippen LogP contribution is -2.01. The van der Waals surface area contributed by atoms with E-state index in [-0.39, 0.29) is 0 Å². The van der Waals surface area contributed by atoms with E-state index in [4.69, 9.17) is 17.3 Å². The molecule has 2 unspecified atom stereocenters. The van der Waals surface area contributed by atoms with Gasteiger partial charge in [-0.1, -0.05) is 11.6 Å². The normalized spacial score (nSPS) is 41.2. The lowest BCUT2D eigenvalue weighted by Gasteiger charge is -2.01. The van der Waals surface area contributed by atoms with E-state index in [9.17, 15) is 0 Å². The van der Waals surface area contributed by atoms with Crippen molar-refractivity contribution >= 4 is 11.6 Å². The molecule has 2 aliphatic carbocycles. The highest BCUT2D eigenvalue weighted by Crippen LogP contribution is 2.60. The number of hydrogen-bond acceptors (Lipinski definition) is 1. The molecule has 0 aliphatic heterocycles. The summed E-state index contributed by atoms with van der Waals surface area (Å²) in [5.74, 6) is 1.50. The Kier molecular flexibility index (Phi) is 0.774. The lowest BCUT2D eigenvalue weighted by molar-refractivity contribution is 0.709. The second-order valence-corrected chi connectivity index (χ2v) is 2.97. The van der Waals surface area contributed by atoms with Gasteiger partial charge in [-0.05, 0) is 24.5 Å². The molecule has 2 rings (SSSR count). The monoisotopic (exact) mass is 129 g/mol. The molecule has 8 heavy (non-hydrogen) atoms. The Morgan fingerprint density at radius 1 is 1.75 bits per heavy atom. The Balaban J connectivity index is 2.15. The van der Waals surface area contributed by atoms with Crippen LogP contribution in [-0.2, 0) is 0 Å². The maximum absolute atomic E-state index is 5.74. The summed E-state index contributed by atoms with van der Waals surface area (Å²) >= 11 is 5.74. The molecule has 2 aliphatic rings. The molecule has 0 radical (unpaired) electrons. The molecule has 2 atom stereocenters. The van der Waals surface area contributed by atoms with Crippen LogP contribution in [0.2, 0.25) is 0 Å². The lowest BCUT2D eigenvalue weighted by atomic mass is 10.1. The molecule has 1 fully saturated rings. The van der Waals surface area contributed by atoms with E-state index in [1.165, 1.54) is 5.57 Å². The van der Waals surface area contributed by atoms with Crippen molar-refractivity contribution in [1.29, 1.82) is 0 Å². The molecule has 0 heterocycles. The Morgan fingerprint density at radius 3 is 2.62 bits per heavy atom. The van der Waals surface area contributed by atoms with Crippen LogP contribution in [0, 0.1) is 11.8 Å². The van der Waals surface area contributed by atoms with Gasteiger partial charge in [0.2, 0.25) is 0 Å². The third kappa shape index (κ3) is 0.373. The van der Waals surface area contributed by atoms with Gasteiger partial charge in [0.1, 0.15) is 0 Å². The summed E-state index contributed by atoms with van der Waals surface area (Å²) in [5, 5.41) is 1.09. The average molecular weight is 130 g/mol. The van der Waals surface area contributed by atoms with Gasteiger partial charge in [0.05, 0.1) is 0 Å². The Labute approximate surface area is 53.5 Å². The summed E-state index contributed by atoms with van der Waals surface area (Å²) in [6, 6.07) is 0. The van der Waals surface area contributed by atoms with Crippen LogP contribution in [0.15, 0.2) is 10.6 Å². The molecule has 1 saturated carbocycles. The van der Waals surface area contributed by atoms with Crippen LogP contribution >= 0.6 is 11.6 Å². The zero-order valence-corrected chi connectivity index (χ0v) is 5.28. The summed E-state index contributed by atoms with van der Waals surface area (Å²) in [5.41, 5.74) is 6.88. The average Bonchev–Trinajstić information content (AvgIpc) is 2.34. The Morgan fingerprint density at radius 2 is 2.50 bits per heavy atom. The third-order valence-electron chi connectivity index (χ3n) is 2.14. The summed E-state index contributed by atoms with van der Waals surface area (Å²) in [6.07, 6.45) is 1.11. The topological polar surface area (TPSA) is 26.0 Å². The summed E-state index contributed by atoms with van der Waals surface area (Å²) in [6.45, 7) is 0.802. The van der Waals surface area contributed by atoms with Gasteiger partial charge in [0, 0.05) is 11.0 Å². The molecule has 0 aromatic carbocycles. The number of fused-ring (bicyclic) bond motifs is 1. The first kappa shape index (κ1) is 4.83. The van der Waals surface area contributed by atoms with E-state index >= 15 is 0 Å². The minimum Gasteiger partial charge on any atom is -0.330 e. The molecule has 1 nitrogen and oxygen atoms in total. The molecule has 44 valence electrons. The number of allylic oxidation sites excluding steroid dienone is 1. The zero-order chi connectivity index (χ0) is 5.72. The molecule has 0 spiro atoms. The van der Waals surface area contributed by atoms with Crippen molar-refractivity contribution in [1.82, 2.24) is 0 Å². The van der Waals surface area contributed by atoms with Gasteiger partial charge in [-0.2, -0.15) is 0 Å². The van der Waals surface area contributed by atoms with E-state index < -0.39 is 0 Å². The largest absolute Gasteiger partial charge is 0.330 e. The number of halogens is 1. The van der Waals surface area contributed by atoms with E-state index in [1.54, 1.807) is 0 Å². The maximum atomic E-state index is 5.74. The van der Waals surface area contributed by atoms with E-state index in [0.29, 0.717) is 5.92 Å². The van der Waals surface area contributed by atoms with E-state index in [1.807, 2.05) is 0 Å². The summed E-state index contributed by atoms with van der Waals surface area (Å²) in [7, 11) is 0. The van der Waals surface area contributed by atoms with Crippen molar-refractivity contribution in [3.63, 3.8) is 0 Å². The molecule has 0 amide bonds. The molecule has 0 aromatic heterocycles.